The number of benzene rings is 3. The van der Waals surface area contributed by atoms with Gasteiger partial charge in [-0.1, -0.05) is 67.9 Å². The van der Waals surface area contributed by atoms with Gasteiger partial charge in [0.05, 0.1) is 22.8 Å². The molecule has 220 valence electrons. The predicted molar refractivity (Wildman–Crippen MR) is 166 cm³/mol. The lowest BCUT2D eigenvalue weighted by Crippen LogP contribution is -2.26. The number of nitrogens with one attached hydrogen (secondary N) is 2. The van der Waals surface area contributed by atoms with Gasteiger partial charge in [-0.3, -0.25) is 19.0 Å². The maximum absolute atomic E-state index is 14.3. The van der Waals surface area contributed by atoms with Gasteiger partial charge in [-0.05, 0) is 40.5 Å². The highest BCUT2D eigenvalue weighted by Crippen LogP contribution is 2.40. The second kappa shape index (κ2) is 10.8. The SMILES string of the molecule is CCCCc1nc2ccc(-c3n[nH]c4c(O)n(C)c(O)c34)cc2c(=O)n1Cc1ccccc1-c1ccccc1-c1nn[nH]n1. The highest BCUT2D eigenvalue weighted by atomic mass is 16.3. The number of hydrogen-bond donors (Lipinski definition) is 4. The molecule has 4 aromatic heterocycles. The Kier molecular flexibility index (Phi) is 6.65. The number of aromatic amines is 2. The Hall–Kier alpha value is -5.78. The normalized spacial score (nSPS) is 11.6. The molecule has 0 unspecified atom stereocenters. The largest absolute Gasteiger partial charge is 0.494 e. The van der Waals surface area contributed by atoms with Crippen molar-refractivity contribution in [3.63, 3.8) is 0 Å². The Morgan fingerprint density at radius 2 is 1.68 bits per heavy atom. The molecule has 4 heterocycles. The zero-order valence-corrected chi connectivity index (χ0v) is 24.1. The molecule has 7 aromatic rings. The summed E-state index contributed by atoms with van der Waals surface area (Å²) in [5.41, 5.74) is 5.44. The van der Waals surface area contributed by atoms with Crippen molar-refractivity contribution >= 4 is 21.8 Å². The van der Waals surface area contributed by atoms with Gasteiger partial charge in [0.15, 0.2) is 0 Å². The molecule has 0 amide bonds. The number of aromatic nitrogens is 9. The number of tetrazole rings is 1. The molecule has 0 saturated heterocycles. The van der Waals surface area contributed by atoms with Gasteiger partial charge in [0.2, 0.25) is 17.6 Å². The standard InChI is InChI=1S/C32H29N9O3/c1-3-4-13-25-33-24-15-14-18(27-26-28(35-34-27)32(44)40(2)31(26)43)16-23(24)30(42)41(25)17-19-9-5-6-10-20(19)21-11-7-8-12-22(21)29-36-38-39-37-29/h5-12,14-16,35,43-44H,3-4,13,17H2,1-2H3,(H,36,37,38,39). The van der Waals surface area contributed by atoms with Crippen molar-refractivity contribution in [1.82, 2.24) is 44.9 Å². The Morgan fingerprint density at radius 3 is 2.45 bits per heavy atom. The van der Waals surface area contributed by atoms with Crippen LogP contribution < -0.4 is 5.56 Å². The first-order valence-electron chi connectivity index (χ1n) is 14.4. The predicted octanol–water partition coefficient (Wildman–Crippen LogP) is 4.93. The highest BCUT2D eigenvalue weighted by molar-refractivity contribution is 6.01. The van der Waals surface area contributed by atoms with E-state index in [2.05, 4.69) is 37.7 Å². The van der Waals surface area contributed by atoms with Crippen molar-refractivity contribution < 1.29 is 10.2 Å². The lowest BCUT2D eigenvalue weighted by Gasteiger charge is -2.17. The molecule has 0 atom stereocenters. The van der Waals surface area contributed by atoms with Crippen LogP contribution in [-0.4, -0.2) is 55.2 Å². The summed E-state index contributed by atoms with van der Waals surface area (Å²) in [6.07, 6.45) is 2.51. The van der Waals surface area contributed by atoms with Gasteiger partial charge in [-0.15, -0.1) is 10.2 Å². The zero-order valence-electron chi connectivity index (χ0n) is 24.1. The zero-order chi connectivity index (χ0) is 30.4. The molecular weight excluding hydrogens is 558 g/mol. The van der Waals surface area contributed by atoms with E-state index in [0.29, 0.717) is 57.7 Å². The number of aromatic hydroxyl groups is 2. The average molecular weight is 588 g/mol. The van der Waals surface area contributed by atoms with Gasteiger partial charge in [-0.25, -0.2) is 4.98 Å². The van der Waals surface area contributed by atoms with Crippen molar-refractivity contribution in [2.75, 3.05) is 0 Å². The van der Waals surface area contributed by atoms with Crippen LogP contribution in [0.4, 0.5) is 0 Å². The number of aryl methyl sites for hydroxylation is 1. The van der Waals surface area contributed by atoms with Crippen LogP contribution in [0, 0.1) is 0 Å². The summed E-state index contributed by atoms with van der Waals surface area (Å²) < 4.78 is 3.03. The van der Waals surface area contributed by atoms with Gasteiger partial charge in [0.1, 0.15) is 17.0 Å². The summed E-state index contributed by atoms with van der Waals surface area (Å²) in [6, 6.07) is 21.2. The quantitative estimate of drug-likeness (QED) is 0.194. The van der Waals surface area contributed by atoms with E-state index in [1.165, 1.54) is 4.57 Å². The summed E-state index contributed by atoms with van der Waals surface area (Å²) in [6.45, 7) is 2.42. The van der Waals surface area contributed by atoms with Gasteiger partial charge in [-0.2, -0.15) is 10.3 Å². The van der Waals surface area contributed by atoms with Gasteiger partial charge >= 0.3 is 0 Å². The van der Waals surface area contributed by atoms with Crippen LogP contribution in [0.3, 0.4) is 0 Å². The molecule has 0 spiro atoms. The number of rotatable bonds is 8. The van der Waals surface area contributed by atoms with Crippen LogP contribution in [0.5, 0.6) is 11.8 Å². The number of nitrogens with zero attached hydrogens (tertiary/aromatic N) is 7. The number of fused-ring (bicyclic) bond motifs is 2. The summed E-state index contributed by atoms with van der Waals surface area (Å²) in [5.74, 6) is 0.957. The van der Waals surface area contributed by atoms with Gasteiger partial charge in [0, 0.05) is 24.6 Å². The molecule has 12 nitrogen and oxygen atoms in total. The van der Waals surface area contributed by atoms with Gasteiger partial charge < -0.3 is 10.2 Å². The third kappa shape index (κ3) is 4.39. The molecule has 44 heavy (non-hydrogen) atoms. The minimum absolute atomic E-state index is 0.121. The number of unbranched alkanes of at least 4 members (excludes halogenated alkanes) is 1. The Labute approximate surface area is 250 Å². The molecule has 0 aliphatic carbocycles. The molecule has 0 aliphatic heterocycles. The molecule has 4 N–H and O–H groups in total. The van der Waals surface area contributed by atoms with Crippen LogP contribution in [0.25, 0.3) is 55.6 Å². The van der Waals surface area contributed by atoms with E-state index in [1.54, 1.807) is 23.7 Å². The molecule has 12 heteroatoms. The van der Waals surface area contributed by atoms with Crippen LogP contribution in [0.15, 0.2) is 71.5 Å². The highest BCUT2D eigenvalue weighted by Gasteiger charge is 2.22. The Balaban J connectivity index is 1.38. The fourth-order valence-electron chi connectivity index (χ4n) is 5.75. The van der Waals surface area contributed by atoms with Crippen LogP contribution in [0.1, 0.15) is 31.2 Å². The molecular formula is C32H29N9O3. The molecule has 0 radical (unpaired) electrons. The smallest absolute Gasteiger partial charge is 0.261 e. The second-order valence-electron chi connectivity index (χ2n) is 10.7. The number of H-pyrrole nitrogens is 2. The summed E-state index contributed by atoms with van der Waals surface area (Å²) >= 11 is 0. The van der Waals surface area contributed by atoms with E-state index in [4.69, 9.17) is 4.98 Å². The fraction of sp³-hybridized carbons (Fsp3) is 0.188. The van der Waals surface area contributed by atoms with E-state index in [1.807, 2.05) is 54.6 Å². The minimum atomic E-state index is -0.170. The first kappa shape index (κ1) is 27.1. The maximum atomic E-state index is 14.3. The van der Waals surface area contributed by atoms with Crippen molar-refractivity contribution in [2.45, 2.75) is 32.7 Å². The molecule has 0 fully saturated rings. The summed E-state index contributed by atoms with van der Waals surface area (Å²) in [4.78, 5) is 19.3. The van der Waals surface area contributed by atoms with Crippen molar-refractivity contribution in [1.29, 1.82) is 0 Å². The lowest BCUT2D eigenvalue weighted by atomic mass is 9.95. The maximum Gasteiger partial charge on any atom is 0.261 e. The fourth-order valence-corrected chi connectivity index (χ4v) is 5.75. The van der Waals surface area contributed by atoms with Gasteiger partial charge in [0.25, 0.3) is 5.56 Å². The molecule has 3 aromatic carbocycles. The van der Waals surface area contributed by atoms with E-state index in [0.717, 1.165) is 35.1 Å². The lowest BCUT2D eigenvalue weighted by molar-refractivity contribution is 0.390. The van der Waals surface area contributed by atoms with Crippen molar-refractivity contribution in [2.24, 2.45) is 7.05 Å². The Bertz CT molecular complexity index is 2210. The minimum Gasteiger partial charge on any atom is -0.494 e. The molecule has 0 aliphatic rings. The van der Waals surface area contributed by atoms with Crippen LogP contribution in [-0.2, 0) is 20.0 Å². The van der Waals surface area contributed by atoms with E-state index in [-0.39, 0.29) is 17.3 Å². The van der Waals surface area contributed by atoms with Crippen molar-refractivity contribution in [3.05, 3.63) is 88.5 Å². The summed E-state index contributed by atoms with van der Waals surface area (Å²) in [5, 5.41) is 43.6. The van der Waals surface area contributed by atoms with Crippen molar-refractivity contribution in [3.8, 4) is 45.5 Å². The average Bonchev–Trinajstić information content (AvgIpc) is 3.79. The first-order valence-corrected chi connectivity index (χ1v) is 14.4. The molecule has 7 rings (SSSR count). The first-order chi connectivity index (χ1) is 21.5. The molecule has 0 bridgehead atoms. The van der Waals surface area contributed by atoms with E-state index in [9.17, 15) is 15.0 Å². The third-order valence-corrected chi connectivity index (χ3v) is 8.06. The molecule has 0 saturated carbocycles. The third-order valence-electron chi connectivity index (χ3n) is 8.06. The monoisotopic (exact) mass is 587 g/mol. The van der Waals surface area contributed by atoms with Crippen LogP contribution in [0.2, 0.25) is 0 Å². The summed E-state index contributed by atoms with van der Waals surface area (Å²) in [7, 11) is 1.56. The van der Waals surface area contributed by atoms with Crippen LogP contribution >= 0.6 is 0 Å². The van der Waals surface area contributed by atoms with E-state index >= 15 is 0 Å². The Morgan fingerprint density at radius 1 is 0.909 bits per heavy atom. The second-order valence-corrected chi connectivity index (χ2v) is 10.7. The van der Waals surface area contributed by atoms with E-state index < -0.39 is 0 Å². The number of hydrogen-bond acceptors (Lipinski definition) is 8. The topological polar surface area (TPSA) is 163 Å².